The number of nitrogens with two attached hydrogens (primary N) is 1. The Bertz CT molecular complexity index is 482. The van der Waals surface area contributed by atoms with Gasteiger partial charge < -0.3 is 10.5 Å². The molecular formula is C12H12N2O. The summed E-state index contributed by atoms with van der Waals surface area (Å²) in [7, 11) is 0. The summed E-state index contributed by atoms with van der Waals surface area (Å²) in [6.07, 6.45) is 1.24. The van der Waals surface area contributed by atoms with E-state index in [4.69, 9.17) is 5.73 Å². The monoisotopic (exact) mass is 200 g/mol. The van der Waals surface area contributed by atoms with Gasteiger partial charge in [0.1, 0.15) is 6.29 Å². The first kappa shape index (κ1) is 9.80. The van der Waals surface area contributed by atoms with E-state index in [1.165, 1.54) is 0 Å². The van der Waals surface area contributed by atoms with Crippen LogP contribution in [0.4, 0.5) is 0 Å². The van der Waals surface area contributed by atoms with E-state index in [-0.39, 0.29) is 0 Å². The Labute approximate surface area is 87.9 Å². The number of pyridine rings is 1. The van der Waals surface area contributed by atoms with Crippen LogP contribution in [0.5, 0.6) is 0 Å². The minimum Gasteiger partial charge on any atom is -0.321 e. The van der Waals surface area contributed by atoms with Crippen LogP contribution in [0.2, 0.25) is 0 Å². The van der Waals surface area contributed by atoms with E-state index in [9.17, 15) is 4.79 Å². The van der Waals surface area contributed by atoms with Crippen molar-refractivity contribution in [2.45, 2.75) is 12.5 Å². The molecule has 1 aromatic carbocycles. The summed E-state index contributed by atoms with van der Waals surface area (Å²) in [5.41, 5.74) is 7.33. The molecular weight excluding hydrogens is 188 g/mol. The summed E-state index contributed by atoms with van der Waals surface area (Å²) < 4.78 is 0. The molecule has 0 aliphatic rings. The number of carbonyl (C=O) groups is 1. The molecule has 0 aliphatic heterocycles. The van der Waals surface area contributed by atoms with Gasteiger partial charge in [0.15, 0.2) is 0 Å². The van der Waals surface area contributed by atoms with Crippen molar-refractivity contribution < 1.29 is 4.79 Å². The first-order valence-electron chi connectivity index (χ1n) is 4.85. The molecule has 15 heavy (non-hydrogen) atoms. The van der Waals surface area contributed by atoms with Crippen LogP contribution in [-0.2, 0) is 11.2 Å². The molecule has 0 radical (unpaired) electrons. The number of fused-ring (bicyclic) bond motifs is 1. The van der Waals surface area contributed by atoms with Crippen LogP contribution in [0, 0.1) is 0 Å². The molecule has 0 unspecified atom stereocenters. The molecule has 2 rings (SSSR count). The first-order chi connectivity index (χ1) is 7.29. The summed E-state index contributed by atoms with van der Waals surface area (Å²) in [5, 5.41) is 1.10. The number of nitrogens with zero attached hydrogens (tertiary/aromatic N) is 1. The molecule has 2 N–H and O–H groups in total. The standard InChI is InChI=1S/C12H12N2O/c13-10(8-15)7-11-6-5-9-3-1-2-4-12(9)14-11/h1-6,8,10H,7,13H2/t10-/m0/s1. The molecule has 0 saturated carbocycles. The molecule has 76 valence electrons. The number of hydrogen-bond donors (Lipinski definition) is 1. The second-order valence-corrected chi connectivity index (χ2v) is 3.50. The Morgan fingerprint density at radius 1 is 1.27 bits per heavy atom. The van der Waals surface area contributed by atoms with Gasteiger partial charge in [0, 0.05) is 17.5 Å². The lowest BCUT2D eigenvalue weighted by atomic mass is 10.1. The Kier molecular flexibility index (Phi) is 2.74. The quantitative estimate of drug-likeness (QED) is 0.760. The van der Waals surface area contributed by atoms with Crippen LogP contribution in [-0.4, -0.2) is 17.3 Å². The van der Waals surface area contributed by atoms with Gasteiger partial charge in [-0.15, -0.1) is 0 Å². The second kappa shape index (κ2) is 4.19. The molecule has 0 fully saturated rings. The SMILES string of the molecule is N[C@H](C=O)Cc1ccc2ccccc2n1. The maximum Gasteiger partial charge on any atom is 0.137 e. The third-order valence-corrected chi connectivity index (χ3v) is 2.28. The number of hydrogen-bond acceptors (Lipinski definition) is 3. The van der Waals surface area contributed by atoms with Crippen molar-refractivity contribution in [1.82, 2.24) is 4.98 Å². The third-order valence-electron chi connectivity index (χ3n) is 2.28. The van der Waals surface area contributed by atoms with Crippen molar-refractivity contribution in [3.8, 4) is 0 Å². The summed E-state index contributed by atoms with van der Waals surface area (Å²) in [5.74, 6) is 0. The molecule has 0 bridgehead atoms. The van der Waals surface area contributed by atoms with E-state index in [0.717, 1.165) is 22.9 Å². The zero-order chi connectivity index (χ0) is 10.7. The van der Waals surface area contributed by atoms with Crippen molar-refractivity contribution in [2.24, 2.45) is 5.73 Å². The van der Waals surface area contributed by atoms with Crippen LogP contribution < -0.4 is 5.73 Å². The van der Waals surface area contributed by atoms with Crippen LogP contribution in [0.1, 0.15) is 5.69 Å². The van der Waals surface area contributed by atoms with Gasteiger partial charge in [-0.25, -0.2) is 0 Å². The number of aromatic nitrogens is 1. The maximum absolute atomic E-state index is 10.4. The van der Waals surface area contributed by atoms with Crippen LogP contribution in [0.15, 0.2) is 36.4 Å². The van der Waals surface area contributed by atoms with E-state index in [0.29, 0.717) is 6.42 Å². The second-order valence-electron chi connectivity index (χ2n) is 3.50. The Morgan fingerprint density at radius 3 is 2.87 bits per heavy atom. The Hall–Kier alpha value is -1.74. The average molecular weight is 200 g/mol. The summed E-state index contributed by atoms with van der Waals surface area (Å²) >= 11 is 0. The molecule has 1 atom stereocenters. The van der Waals surface area contributed by atoms with Gasteiger partial charge in [-0.05, 0) is 12.1 Å². The van der Waals surface area contributed by atoms with Crippen molar-refractivity contribution >= 4 is 17.2 Å². The number of rotatable bonds is 3. The van der Waals surface area contributed by atoms with Crippen molar-refractivity contribution in [3.05, 3.63) is 42.1 Å². The molecule has 0 saturated heterocycles. The van der Waals surface area contributed by atoms with Gasteiger partial charge in [-0.1, -0.05) is 24.3 Å². The molecule has 0 amide bonds. The summed E-state index contributed by atoms with van der Waals surface area (Å²) in [4.78, 5) is 14.8. The van der Waals surface area contributed by atoms with Crippen molar-refractivity contribution in [2.75, 3.05) is 0 Å². The normalized spacial score (nSPS) is 12.6. The number of aldehydes is 1. The lowest BCUT2D eigenvalue weighted by Gasteiger charge is -2.04. The minimum atomic E-state index is -0.460. The average Bonchev–Trinajstić information content (AvgIpc) is 2.29. The predicted octanol–water partition coefficient (Wildman–Crippen LogP) is 1.30. The fourth-order valence-electron chi connectivity index (χ4n) is 1.51. The Morgan fingerprint density at radius 2 is 2.07 bits per heavy atom. The number of benzene rings is 1. The molecule has 0 aliphatic carbocycles. The van der Waals surface area contributed by atoms with E-state index in [1.54, 1.807) is 0 Å². The maximum atomic E-state index is 10.4. The molecule has 0 spiro atoms. The van der Waals surface area contributed by atoms with Crippen LogP contribution in [0.25, 0.3) is 10.9 Å². The van der Waals surface area contributed by atoms with E-state index in [1.807, 2.05) is 36.4 Å². The first-order valence-corrected chi connectivity index (χ1v) is 4.85. The highest BCUT2D eigenvalue weighted by atomic mass is 16.1. The number of carbonyl (C=O) groups excluding carboxylic acids is 1. The zero-order valence-corrected chi connectivity index (χ0v) is 8.26. The lowest BCUT2D eigenvalue weighted by Crippen LogP contribution is -2.24. The van der Waals surface area contributed by atoms with Crippen molar-refractivity contribution in [3.63, 3.8) is 0 Å². The van der Waals surface area contributed by atoms with Gasteiger partial charge in [0.2, 0.25) is 0 Å². The van der Waals surface area contributed by atoms with Gasteiger partial charge in [0.05, 0.1) is 11.6 Å². The highest BCUT2D eigenvalue weighted by molar-refractivity contribution is 5.78. The topological polar surface area (TPSA) is 56.0 Å². The van der Waals surface area contributed by atoms with Gasteiger partial charge in [0.25, 0.3) is 0 Å². The van der Waals surface area contributed by atoms with Gasteiger partial charge >= 0.3 is 0 Å². The zero-order valence-electron chi connectivity index (χ0n) is 8.26. The van der Waals surface area contributed by atoms with Gasteiger partial charge in [-0.3, -0.25) is 4.98 Å². The summed E-state index contributed by atoms with van der Waals surface area (Å²) in [6, 6.07) is 11.3. The molecule has 3 heteroatoms. The highest BCUT2D eigenvalue weighted by Crippen LogP contribution is 2.12. The molecule has 1 aromatic heterocycles. The van der Waals surface area contributed by atoms with E-state index < -0.39 is 6.04 Å². The smallest absolute Gasteiger partial charge is 0.137 e. The van der Waals surface area contributed by atoms with Gasteiger partial charge in [-0.2, -0.15) is 0 Å². The molecule has 2 aromatic rings. The Balaban J connectivity index is 2.34. The largest absolute Gasteiger partial charge is 0.321 e. The third kappa shape index (κ3) is 2.19. The fourth-order valence-corrected chi connectivity index (χ4v) is 1.51. The van der Waals surface area contributed by atoms with E-state index >= 15 is 0 Å². The van der Waals surface area contributed by atoms with Crippen LogP contribution >= 0.6 is 0 Å². The fraction of sp³-hybridized carbons (Fsp3) is 0.167. The van der Waals surface area contributed by atoms with Crippen molar-refractivity contribution in [1.29, 1.82) is 0 Å². The van der Waals surface area contributed by atoms with E-state index in [2.05, 4.69) is 4.98 Å². The number of para-hydroxylation sites is 1. The predicted molar refractivity (Wildman–Crippen MR) is 59.5 cm³/mol. The highest BCUT2D eigenvalue weighted by Gasteiger charge is 2.03. The summed E-state index contributed by atoms with van der Waals surface area (Å²) in [6.45, 7) is 0. The van der Waals surface area contributed by atoms with Crippen LogP contribution in [0.3, 0.4) is 0 Å². The minimum absolute atomic E-state index is 0.460. The molecule has 1 heterocycles. The lowest BCUT2D eigenvalue weighted by molar-refractivity contribution is -0.108. The molecule has 3 nitrogen and oxygen atoms in total.